The van der Waals surface area contributed by atoms with Gasteiger partial charge in [-0.25, -0.2) is 32.0 Å². The molecule has 0 radical (unpaired) electrons. The van der Waals surface area contributed by atoms with E-state index in [1.54, 1.807) is 0 Å². The van der Waals surface area contributed by atoms with Crippen molar-refractivity contribution < 1.29 is 81.0 Å². The van der Waals surface area contributed by atoms with Crippen molar-refractivity contribution in [3.05, 3.63) is 66.2 Å². The Hall–Kier alpha value is -4.01. The number of aliphatic hydroxyl groups excluding tert-OH is 3. The van der Waals surface area contributed by atoms with Crippen LogP contribution in [0, 0.1) is 10.8 Å². The van der Waals surface area contributed by atoms with Crippen LogP contribution in [0.15, 0.2) is 43.7 Å². The molecule has 2 aliphatic rings. The van der Waals surface area contributed by atoms with E-state index in [1.807, 2.05) is 9.97 Å². The minimum Gasteiger partial charge on any atom is -0.437 e. The third-order valence-electron chi connectivity index (χ3n) is 8.41. The van der Waals surface area contributed by atoms with Gasteiger partial charge in [0.05, 0.1) is 10.8 Å². The monoisotopic (exact) mass is 892 g/mol. The van der Waals surface area contributed by atoms with E-state index in [-0.39, 0.29) is 14.9 Å². The van der Waals surface area contributed by atoms with Crippen LogP contribution in [-0.2, 0) is 46.7 Å². The van der Waals surface area contributed by atoms with E-state index in [0.717, 1.165) is 42.9 Å². The summed E-state index contributed by atoms with van der Waals surface area (Å²) >= 11 is 0. The lowest BCUT2D eigenvalue weighted by Gasteiger charge is -2.28. The van der Waals surface area contributed by atoms with E-state index in [2.05, 4.69) is 0 Å². The number of rotatable bonds is 12. The minimum absolute atomic E-state index is 0. The SMILES string of the molecule is C.C.CC(C)(C)C(=O)OCOP(=O)(OCOC(=O)C(C)(C)C)OCC1(F)OC(n2ccc(=O)[nH]c2=O)C(C)(O)C1O.CC1(O)C(n2ccc(=O)[nH]c2=O)OC(F)(CO)C1O. The van der Waals surface area contributed by atoms with E-state index in [1.165, 1.54) is 41.5 Å². The maximum absolute atomic E-state index is 15.7. The average Bonchev–Trinajstić information content (AvgIpc) is 3.40. The third-order valence-corrected chi connectivity index (χ3v) is 9.70. The van der Waals surface area contributed by atoms with Crippen LogP contribution in [0.1, 0.15) is 82.7 Å². The summed E-state index contributed by atoms with van der Waals surface area (Å²) in [6, 6.07) is 1.87. The molecule has 4 rings (SSSR count). The van der Waals surface area contributed by atoms with Crippen molar-refractivity contribution in [3.63, 3.8) is 0 Å². The van der Waals surface area contributed by atoms with Crippen LogP contribution in [0.2, 0.25) is 0 Å². The number of halogens is 2. The number of nitrogens with zero attached hydrogens (tertiary/aromatic N) is 2. The van der Waals surface area contributed by atoms with Crippen molar-refractivity contribution in [2.75, 3.05) is 26.8 Å². The smallest absolute Gasteiger partial charge is 0.437 e. The van der Waals surface area contributed by atoms with Gasteiger partial charge in [0, 0.05) is 24.5 Å². The number of hydrogen-bond donors (Lipinski definition) is 7. The summed E-state index contributed by atoms with van der Waals surface area (Å²) in [5, 5.41) is 49.8. The van der Waals surface area contributed by atoms with Crippen LogP contribution in [0.3, 0.4) is 0 Å². The number of alkyl halides is 2. The Morgan fingerprint density at radius 1 is 0.750 bits per heavy atom. The highest BCUT2D eigenvalue weighted by atomic mass is 31.2. The molecular formula is C34H55F2N4O19P. The number of aromatic nitrogens is 4. The Balaban J connectivity index is 0.000000718. The molecule has 2 aromatic rings. The highest BCUT2D eigenvalue weighted by molar-refractivity contribution is 7.48. The lowest BCUT2D eigenvalue weighted by atomic mass is 9.95. The maximum Gasteiger partial charge on any atom is 0.480 e. The highest BCUT2D eigenvalue weighted by Crippen LogP contribution is 2.53. The van der Waals surface area contributed by atoms with Crippen LogP contribution >= 0.6 is 7.82 Å². The van der Waals surface area contributed by atoms with Gasteiger partial charge in [0.25, 0.3) is 22.8 Å². The molecule has 344 valence electrons. The van der Waals surface area contributed by atoms with Gasteiger partial charge in [-0.1, -0.05) is 14.9 Å². The van der Waals surface area contributed by atoms with Gasteiger partial charge in [0.15, 0.2) is 12.5 Å². The van der Waals surface area contributed by atoms with Gasteiger partial charge in [-0.3, -0.25) is 42.8 Å². The quantitative estimate of drug-likeness (QED) is 0.0850. The first-order valence-corrected chi connectivity index (χ1v) is 18.5. The molecule has 23 nitrogen and oxygen atoms in total. The Bertz CT molecular complexity index is 2060. The number of carbonyl (C=O) groups excluding carboxylic acids is 2. The summed E-state index contributed by atoms with van der Waals surface area (Å²) in [6.45, 7) is 6.67. The Kier molecular flexibility index (Phi) is 17.4. The predicted octanol–water partition coefficient (Wildman–Crippen LogP) is 0.202. The number of carbonyl (C=O) groups is 2. The van der Waals surface area contributed by atoms with Crippen molar-refractivity contribution in [2.45, 2.75) is 118 Å². The molecule has 0 bridgehead atoms. The third kappa shape index (κ3) is 12.1. The summed E-state index contributed by atoms with van der Waals surface area (Å²) in [5.41, 5.74) is -10.0. The molecule has 7 N–H and O–H groups in total. The Labute approximate surface area is 341 Å². The van der Waals surface area contributed by atoms with Crippen LogP contribution in [0.25, 0.3) is 0 Å². The van der Waals surface area contributed by atoms with Gasteiger partial charge in [-0.05, 0) is 55.4 Å². The van der Waals surface area contributed by atoms with E-state index in [9.17, 15) is 58.1 Å². The number of ether oxygens (including phenoxy) is 4. The second-order valence-corrected chi connectivity index (χ2v) is 17.2. The molecule has 8 unspecified atom stereocenters. The van der Waals surface area contributed by atoms with Crippen molar-refractivity contribution in [1.82, 2.24) is 19.1 Å². The lowest BCUT2D eigenvalue weighted by Crippen LogP contribution is -2.50. The normalized spacial score (nSPS) is 29.1. The molecule has 26 heteroatoms. The highest BCUT2D eigenvalue weighted by Gasteiger charge is 2.64. The van der Waals surface area contributed by atoms with E-state index >= 15 is 4.39 Å². The molecule has 2 aliphatic heterocycles. The van der Waals surface area contributed by atoms with Crippen LogP contribution in [0.5, 0.6) is 0 Å². The zero-order chi connectivity index (χ0) is 44.4. The number of aliphatic hydroxyl groups is 5. The van der Waals surface area contributed by atoms with Gasteiger partial charge in [0.2, 0.25) is 13.6 Å². The van der Waals surface area contributed by atoms with Crippen molar-refractivity contribution in [2.24, 2.45) is 10.8 Å². The molecular weight excluding hydrogens is 837 g/mol. The first-order chi connectivity index (χ1) is 26.3. The summed E-state index contributed by atoms with van der Waals surface area (Å²) in [5.74, 6) is -7.72. The number of phosphoric acid groups is 1. The molecule has 0 amide bonds. The van der Waals surface area contributed by atoms with Gasteiger partial charge in [0.1, 0.15) is 36.6 Å². The first kappa shape index (κ1) is 54.0. The molecule has 0 aliphatic carbocycles. The largest absolute Gasteiger partial charge is 0.480 e. The molecule has 60 heavy (non-hydrogen) atoms. The summed E-state index contributed by atoms with van der Waals surface area (Å²) in [6.07, 6.45) is -6.01. The number of hydrogen-bond acceptors (Lipinski definition) is 19. The molecule has 0 spiro atoms. The van der Waals surface area contributed by atoms with Crippen LogP contribution in [-0.4, -0.2) is 118 Å². The summed E-state index contributed by atoms with van der Waals surface area (Å²) in [4.78, 5) is 73.8. The number of phosphoric ester groups is 1. The molecule has 0 aromatic carbocycles. The second-order valence-electron chi connectivity index (χ2n) is 15.5. The molecule has 4 heterocycles. The standard InChI is InChI=1S/C22H34FN2O13P.C10H13FN2O6.2CH4/c1-19(2,3)16(28)33-11-36-39(32,37-12-34-17(29)20(4,5)6)35-10-22(23)14(27)21(7,31)15(38-22)25-9-8-13(26)24-18(25)30;1-9(18)6(16)10(11,4-14)19-7(9)13-3-2-5(15)12-8(13)17;;/h8-9,14-15,27,31H,10-12H2,1-7H3,(H,24,26,30);2-3,6-7,14,16,18H,4H2,1H3,(H,12,15,17);2*1H4. The summed E-state index contributed by atoms with van der Waals surface area (Å²) in [7, 11) is -4.89. The maximum atomic E-state index is 15.7. The van der Waals surface area contributed by atoms with Gasteiger partial charge in [-0.15, -0.1) is 0 Å². The fourth-order valence-corrected chi connectivity index (χ4v) is 5.94. The summed E-state index contributed by atoms with van der Waals surface area (Å²) < 4.78 is 78.6. The zero-order valence-electron chi connectivity index (χ0n) is 32.5. The predicted molar refractivity (Wildman–Crippen MR) is 201 cm³/mol. The van der Waals surface area contributed by atoms with Crippen LogP contribution < -0.4 is 22.5 Å². The molecule has 0 saturated carbocycles. The van der Waals surface area contributed by atoms with E-state index in [4.69, 9.17) is 37.6 Å². The number of H-pyrrole nitrogens is 2. The Morgan fingerprint density at radius 3 is 1.42 bits per heavy atom. The van der Waals surface area contributed by atoms with Crippen molar-refractivity contribution >= 4 is 19.8 Å². The number of esters is 2. The molecule has 2 fully saturated rings. The molecule has 8 atom stereocenters. The molecule has 2 aromatic heterocycles. The topological polar surface area (TPSA) is 327 Å². The van der Waals surface area contributed by atoms with Crippen molar-refractivity contribution in [3.8, 4) is 0 Å². The van der Waals surface area contributed by atoms with E-state index in [0.29, 0.717) is 4.57 Å². The van der Waals surface area contributed by atoms with Gasteiger partial charge >= 0.3 is 31.1 Å². The zero-order valence-corrected chi connectivity index (χ0v) is 33.4. The minimum atomic E-state index is -4.89. The van der Waals surface area contributed by atoms with Crippen molar-refractivity contribution in [1.29, 1.82) is 0 Å². The fourth-order valence-electron chi connectivity index (χ4n) is 5.02. The molecule has 2 saturated heterocycles. The van der Waals surface area contributed by atoms with Gasteiger partial charge < -0.3 is 44.5 Å². The Morgan fingerprint density at radius 2 is 1.10 bits per heavy atom. The van der Waals surface area contributed by atoms with Crippen LogP contribution in [0.4, 0.5) is 8.78 Å². The average molecular weight is 893 g/mol. The number of nitrogens with one attached hydrogen (secondary N) is 2. The first-order valence-electron chi connectivity index (χ1n) is 17.0. The number of aromatic amines is 2. The lowest BCUT2D eigenvalue weighted by molar-refractivity contribution is -0.207. The van der Waals surface area contributed by atoms with E-state index < -0.39 is 127 Å². The second kappa shape index (κ2) is 19.4. The fraction of sp³-hybridized carbons (Fsp3) is 0.706. The van der Waals surface area contributed by atoms with Gasteiger partial charge in [-0.2, -0.15) is 0 Å².